The molecule has 0 bridgehead atoms. The molecule has 1 aromatic carbocycles. The van der Waals surface area contributed by atoms with Gasteiger partial charge in [0.25, 0.3) is 0 Å². The zero-order valence-electron chi connectivity index (χ0n) is 12.6. The summed E-state index contributed by atoms with van der Waals surface area (Å²) in [5.74, 6) is 0. The van der Waals surface area contributed by atoms with Crippen LogP contribution in [0.4, 0.5) is 0 Å². The van der Waals surface area contributed by atoms with E-state index in [2.05, 4.69) is 42.0 Å². The van der Waals surface area contributed by atoms with Gasteiger partial charge in [-0.3, -0.25) is 0 Å². The van der Waals surface area contributed by atoms with Crippen molar-refractivity contribution in [2.24, 2.45) is 5.73 Å². The van der Waals surface area contributed by atoms with Crippen molar-refractivity contribution in [2.75, 3.05) is 13.7 Å². The summed E-state index contributed by atoms with van der Waals surface area (Å²) in [4.78, 5) is 0. The van der Waals surface area contributed by atoms with Gasteiger partial charge in [-0.05, 0) is 42.7 Å². The van der Waals surface area contributed by atoms with Crippen LogP contribution in [0.5, 0.6) is 0 Å². The number of rotatable bonds is 8. The molecular weight excluding hydrogens is 248 g/mol. The van der Waals surface area contributed by atoms with E-state index in [0.717, 1.165) is 38.8 Å². The third kappa shape index (κ3) is 3.62. The van der Waals surface area contributed by atoms with Crippen LogP contribution >= 0.6 is 0 Å². The van der Waals surface area contributed by atoms with Crippen LogP contribution in [0.15, 0.2) is 30.5 Å². The average Bonchev–Trinajstić information content (AvgIpc) is 2.88. The molecule has 2 N–H and O–H groups in total. The predicted octanol–water partition coefficient (Wildman–Crippen LogP) is 3.35. The van der Waals surface area contributed by atoms with Crippen molar-refractivity contribution < 1.29 is 4.74 Å². The summed E-state index contributed by atoms with van der Waals surface area (Å²) in [5, 5.41) is 1.32. The molecule has 3 heteroatoms. The molecule has 0 spiro atoms. The number of benzene rings is 1. The van der Waals surface area contributed by atoms with E-state index in [9.17, 15) is 0 Å². The molecule has 0 saturated heterocycles. The first-order chi connectivity index (χ1) is 9.76. The van der Waals surface area contributed by atoms with Gasteiger partial charge in [0, 0.05) is 32.5 Å². The van der Waals surface area contributed by atoms with Gasteiger partial charge in [-0.15, -0.1) is 0 Å². The highest BCUT2D eigenvalue weighted by atomic mass is 16.5. The second-order valence-electron chi connectivity index (χ2n) is 5.44. The van der Waals surface area contributed by atoms with E-state index in [-0.39, 0.29) is 6.04 Å². The minimum atomic E-state index is 0.248. The first-order valence-electron chi connectivity index (χ1n) is 7.57. The van der Waals surface area contributed by atoms with E-state index in [0.29, 0.717) is 0 Å². The number of unbranched alkanes of at least 4 members (excludes halogenated alkanes) is 1. The molecule has 3 nitrogen and oxygen atoms in total. The van der Waals surface area contributed by atoms with E-state index in [4.69, 9.17) is 10.5 Å². The highest BCUT2D eigenvalue weighted by molar-refractivity contribution is 5.83. The van der Waals surface area contributed by atoms with E-state index >= 15 is 0 Å². The number of para-hydroxylation sites is 1. The number of methoxy groups -OCH3 is 1. The number of hydrogen-bond acceptors (Lipinski definition) is 2. The molecule has 2 aromatic rings. The second kappa shape index (κ2) is 7.46. The number of hydrogen-bond donors (Lipinski definition) is 1. The van der Waals surface area contributed by atoms with Crippen molar-refractivity contribution in [3.05, 3.63) is 36.0 Å². The standard InChI is InChI=1S/C17H26N2O/c1-3-16(18)13-15-8-6-7-14-9-11-19(17(14)15)10-4-5-12-20-2/h6-9,11,16H,3-5,10,12-13,18H2,1-2H3. The molecule has 0 radical (unpaired) electrons. The predicted molar refractivity (Wildman–Crippen MR) is 85.0 cm³/mol. The second-order valence-corrected chi connectivity index (χ2v) is 5.44. The van der Waals surface area contributed by atoms with Gasteiger partial charge in [0.15, 0.2) is 0 Å². The molecule has 20 heavy (non-hydrogen) atoms. The van der Waals surface area contributed by atoms with Crippen LogP contribution in [0.2, 0.25) is 0 Å². The van der Waals surface area contributed by atoms with Crippen molar-refractivity contribution >= 4 is 10.9 Å². The Hall–Kier alpha value is -1.32. The Morgan fingerprint density at radius 2 is 2.10 bits per heavy atom. The minimum Gasteiger partial charge on any atom is -0.385 e. The number of aromatic nitrogens is 1. The van der Waals surface area contributed by atoms with Crippen LogP contribution < -0.4 is 5.73 Å². The van der Waals surface area contributed by atoms with Crippen molar-refractivity contribution in [1.29, 1.82) is 0 Å². The van der Waals surface area contributed by atoms with Gasteiger partial charge in [0.2, 0.25) is 0 Å². The van der Waals surface area contributed by atoms with Crippen LogP contribution in [-0.4, -0.2) is 24.3 Å². The van der Waals surface area contributed by atoms with E-state index in [1.165, 1.54) is 16.5 Å². The fourth-order valence-corrected chi connectivity index (χ4v) is 2.65. The fraction of sp³-hybridized carbons (Fsp3) is 0.529. The Labute approximate surface area is 121 Å². The number of fused-ring (bicyclic) bond motifs is 1. The Balaban J connectivity index is 2.17. The quantitative estimate of drug-likeness (QED) is 0.750. The van der Waals surface area contributed by atoms with Gasteiger partial charge < -0.3 is 15.0 Å². The van der Waals surface area contributed by atoms with Crippen LogP contribution in [-0.2, 0) is 17.7 Å². The van der Waals surface area contributed by atoms with Crippen molar-refractivity contribution in [3.63, 3.8) is 0 Å². The molecular formula is C17H26N2O. The Kier molecular flexibility index (Phi) is 5.62. The maximum absolute atomic E-state index is 6.13. The lowest BCUT2D eigenvalue weighted by molar-refractivity contribution is 0.191. The summed E-state index contributed by atoms with van der Waals surface area (Å²) in [6, 6.07) is 8.98. The molecule has 0 aliphatic carbocycles. The third-order valence-corrected chi connectivity index (χ3v) is 3.88. The molecule has 1 atom stereocenters. The van der Waals surface area contributed by atoms with Gasteiger partial charge in [-0.1, -0.05) is 25.1 Å². The average molecular weight is 274 g/mol. The Morgan fingerprint density at radius 3 is 2.85 bits per heavy atom. The van der Waals surface area contributed by atoms with E-state index in [1.807, 2.05) is 0 Å². The summed E-state index contributed by atoms with van der Waals surface area (Å²) in [7, 11) is 1.76. The summed E-state index contributed by atoms with van der Waals surface area (Å²) in [6.07, 6.45) is 6.41. The highest BCUT2D eigenvalue weighted by Crippen LogP contribution is 2.22. The third-order valence-electron chi connectivity index (χ3n) is 3.88. The topological polar surface area (TPSA) is 40.2 Å². The number of nitrogens with two attached hydrogens (primary N) is 1. The van der Waals surface area contributed by atoms with Crippen LogP contribution in [0.1, 0.15) is 31.7 Å². The summed E-state index contributed by atoms with van der Waals surface area (Å²) < 4.78 is 7.48. The van der Waals surface area contributed by atoms with Crippen LogP contribution in [0.25, 0.3) is 10.9 Å². The minimum absolute atomic E-state index is 0.248. The zero-order chi connectivity index (χ0) is 14.4. The van der Waals surface area contributed by atoms with E-state index < -0.39 is 0 Å². The molecule has 0 aliphatic heterocycles. The molecule has 1 unspecified atom stereocenters. The highest BCUT2D eigenvalue weighted by Gasteiger charge is 2.09. The fourth-order valence-electron chi connectivity index (χ4n) is 2.65. The summed E-state index contributed by atoms with van der Waals surface area (Å²) in [5.41, 5.74) is 8.85. The van der Waals surface area contributed by atoms with Gasteiger partial charge in [-0.2, -0.15) is 0 Å². The SMILES string of the molecule is CCC(N)Cc1cccc2ccn(CCCCOC)c12. The first kappa shape index (κ1) is 15.1. The van der Waals surface area contributed by atoms with Crippen molar-refractivity contribution in [1.82, 2.24) is 4.57 Å². The molecule has 2 rings (SSSR count). The molecule has 1 heterocycles. The van der Waals surface area contributed by atoms with Gasteiger partial charge in [-0.25, -0.2) is 0 Å². The largest absolute Gasteiger partial charge is 0.385 e. The molecule has 0 saturated carbocycles. The lowest BCUT2D eigenvalue weighted by Crippen LogP contribution is -2.21. The Morgan fingerprint density at radius 1 is 1.25 bits per heavy atom. The van der Waals surface area contributed by atoms with E-state index in [1.54, 1.807) is 7.11 Å². The molecule has 0 amide bonds. The lowest BCUT2D eigenvalue weighted by Gasteiger charge is -2.13. The number of ether oxygens (including phenoxy) is 1. The van der Waals surface area contributed by atoms with Gasteiger partial charge >= 0.3 is 0 Å². The molecule has 110 valence electrons. The van der Waals surface area contributed by atoms with Crippen molar-refractivity contribution in [3.8, 4) is 0 Å². The van der Waals surface area contributed by atoms with Crippen LogP contribution in [0.3, 0.4) is 0 Å². The summed E-state index contributed by atoms with van der Waals surface area (Å²) >= 11 is 0. The monoisotopic (exact) mass is 274 g/mol. The molecule has 0 fully saturated rings. The lowest BCUT2D eigenvalue weighted by atomic mass is 10.0. The molecule has 1 aromatic heterocycles. The maximum Gasteiger partial charge on any atom is 0.0513 e. The van der Waals surface area contributed by atoms with Gasteiger partial charge in [0.1, 0.15) is 0 Å². The summed E-state index contributed by atoms with van der Waals surface area (Å²) in [6.45, 7) is 4.03. The van der Waals surface area contributed by atoms with Crippen LogP contribution in [0, 0.1) is 0 Å². The van der Waals surface area contributed by atoms with Gasteiger partial charge in [0.05, 0.1) is 5.52 Å². The smallest absolute Gasteiger partial charge is 0.0513 e. The zero-order valence-corrected chi connectivity index (χ0v) is 12.6. The maximum atomic E-state index is 6.13. The first-order valence-corrected chi connectivity index (χ1v) is 7.57. The normalized spacial score (nSPS) is 12.9. The number of nitrogens with zero attached hydrogens (tertiary/aromatic N) is 1. The number of aryl methyl sites for hydroxylation is 1. The van der Waals surface area contributed by atoms with Crippen molar-refractivity contribution in [2.45, 2.75) is 45.2 Å². The Bertz CT molecular complexity index is 533. The molecule has 0 aliphatic rings.